The molecule has 0 aliphatic rings. The van der Waals surface area contributed by atoms with Crippen LogP contribution in [0.3, 0.4) is 0 Å². The lowest BCUT2D eigenvalue weighted by atomic mass is 10.1. The number of hydrogen-bond donors (Lipinski definition) is 0. The topological polar surface area (TPSA) is 49.3 Å². The standard InChI is InChI=1S/C27H26N4OS2/c1-17-11-12-24-25(18(17)2)29-27(34-24)31(14-13-30(3)4)26(32)20-16-22(23-10-7-15-33-23)28-21-9-6-5-8-19(20)21/h5-12,15-16H,13-14H2,1-4H3. The summed E-state index contributed by atoms with van der Waals surface area (Å²) in [6.45, 7) is 5.48. The maximum Gasteiger partial charge on any atom is 0.260 e. The van der Waals surface area contributed by atoms with E-state index in [4.69, 9.17) is 9.97 Å². The van der Waals surface area contributed by atoms with E-state index >= 15 is 0 Å². The molecule has 0 fully saturated rings. The number of benzene rings is 2. The number of hydrogen-bond acceptors (Lipinski definition) is 6. The first-order chi connectivity index (χ1) is 16.4. The van der Waals surface area contributed by atoms with Crippen molar-refractivity contribution in [3.8, 4) is 10.6 Å². The summed E-state index contributed by atoms with van der Waals surface area (Å²) >= 11 is 3.20. The molecular formula is C27H26N4OS2. The molecule has 7 heteroatoms. The zero-order valence-corrected chi connectivity index (χ0v) is 21.3. The van der Waals surface area contributed by atoms with Crippen molar-refractivity contribution < 1.29 is 4.79 Å². The van der Waals surface area contributed by atoms with Crippen molar-refractivity contribution in [2.75, 3.05) is 32.1 Å². The number of rotatable bonds is 6. The lowest BCUT2D eigenvalue weighted by molar-refractivity contribution is 0.0986. The van der Waals surface area contributed by atoms with Crippen molar-refractivity contribution in [2.45, 2.75) is 13.8 Å². The van der Waals surface area contributed by atoms with E-state index in [0.717, 1.165) is 48.9 Å². The zero-order valence-electron chi connectivity index (χ0n) is 19.7. The number of aryl methyl sites for hydroxylation is 2. The lowest BCUT2D eigenvalue weighted by Crippen LogP contribution is -2.37. The van der Waals surface area contributed by atoms with Crippen LogP contribution in [0.2, 0.25) is 0 Å². The van der Waals surface area contributed by atoms with Crippen LogP contribution < -0.4 is 4.90 Å². The molecule has 0 spiro atoms. The monoisotopic (exact) mass is 486 g/mol. The highest BCUT2D eigenvalue weighted by atomic mass is 32.1. The summed E-state index contributed by atoms with van der Waals surface area (Å²) in [5.74, 6) is -0.0494. The second kappa shape index (κ2) is 9.25. The Balaban J connectivity index is 1.66. The quantitative estimate of drug-likeness (QED) is 0.279. The van der Waals surface area contributed by atoms with Gasteiger partial charge in [-0.1, -0.05) is 41.7 Å². The Hall–Kier alpha value is -3.13. The number of aromatic nitrogens is 2. The Kier molecular flexibility index (Phi) is 6.16. The number of amides is 1. The van der Waals surface area contributed by atoms with Crippen LogP contribution in [0.15, 0.2) is 60.0 Å². The molecular weight excluding hydrogens is 460 g/mol. The summed E-state index contributed by atoms with van der Waals surface area (Å²) in [4.78, 5) is 28.9. The number of nitrogens with zero attached hydrogens (tertiary/aromatic N) is 4. The maximum atomic E-state index is 14.2. The van der Waals surface area contributed by atoms with Crippen molar-refractivity contribution in [3.05, 3.63) is 76.7 Å². The van der Waals surface area contributed by atoms with Gasteiger partial charge in [0.15, 0.2) is 5.13 Å². The largest absolute Gasteiger partial charge is 0.308 e. The average molecular weight is 487 g/mol. The Bertz CT molecular complexity index is 1490. The highest BCUT2D eigenvalue weighted by molar-refractivity contribution is 7.22. The van der Waals surface area contributed by atoms with Crippen LogP contribution in [-0.4, -0.2) is 48.0 Å². The molecule has 0 atom stereocenters. The van der Waals surface area contributed by atoms with E-state index in [2.05, 4.69) is 30.9 Å². The molecule has 3 aromatic heterocycles. The van der Waals surface area contributed by atoms with Gasteiger partial charge in [0.25, 0.3) is 5.91 Å². The number of carbonyl (C=O) groups excluding carboxylic acids is 1. The van der Waals surface area contributed by atoms with Crippen LogP contribution in [0, 0.1) is 13.8 Å². The molecule has 0 bridgehead atoms. The number of anilines is 1. The van der Waals surface area contributed by atoms with E-state index in [1.807, 2.05) is 66.8 Å². The highest BCUT2D eigenvalue weighted by Crippen LogP contribution is 2.34. The number of thiazole rings is 1. The molecule has 0 radical (unpaired) electrons. The minimum atomic E-state index is -0.0494. The molecule has 0 saturated heterocycles. The van der Waals surface area contributed by atoms with Crippen LogP contribution in [0.5, 0.6) is 0 Å². The summed E-state index contributed by atoms with van der Waals surface area (Å²) in [6, 6.07) is 18.1. The van der Waals surface area contributed by atoms with Crippen LogP contribution in [0.1, 0.15) is 21.5 Å². The van der Waals surface area contributed by atoms with Gasteiger partial charge < -0.3 is 4.90 Å². The zero-order chi connectivity index (χ0) is 23.8. The third-order valence-corrected chi connectivity index (χ3v) is 7.98. The normalized spacial score (nSPS) is 11.6. The van der Waals surface area contributed by atoms with Gasteiger partial charge in [-0.15, -0.1) is 11.3 Å². The molecule has 0 unspecified atom stereocenters. The van der Waals surface area contributed by atoms with Gasteiger partial charge in [0.05, 0.1) is 31.9 Å². The van der Waals surface area contributed by atoms with Gasteiger partial charge >= 0.3 is 0 Å². The van der Waals surface area contributed by atoms with Gasteiger partial charge in [0.1, 0.15) is 0 Å². The molecule has 5 rings (SSSR count). The fourth-order valence-corrected chi connectivity index (χ4v) is 5.70. The molecule has 0 saturated carbocycles. The number of fused-ring (bicyclic) bond motifs is 2. The Morgan fingerprint density at radius 1 is 0.971 bits per heavy atom. The number of thiophene rings is 1. The van der Waals surface area contributed by atoms with Crippen LogP contribution in [0.4, 0.5) is 5.13 Å². The van der Waals surface area contributed by atoms with E-state index in [-0.39, 0.29) is 5.91 Å². The molecule has 1 amide bonds. The SMILES string of the molecule is Cc1ccc2sc(N(CCN(C)C)C(=O)c3cc(-c4cccs4)nc4ccccc34)nc2c1C. The molecule has 3 heterocycles. The van der Waals surface area contributed by atoms with E-state index in [9.17, 15) is 4.79 Å². The highest BCUT2D eigenvalue weighted by Gasteiger charge is 2.25. The van der Waals surface area contributed by atoms with E-state index in [0.29, 0.717) is 12.1 Å². The van der Waals surface area contributed by atoms with Gasteiger partial charge in [0.2, 0.25) is 0 Å². The Morgan fingerprint density at radius 3 is 2.56 bits per heavy atom. The average Bonchev–Trinajstić information content (AvgIpc) is 3.51. The van der Waals surface area contributed by atoms with E-state index in [1.165, 1.54) is 5.56 Å². The van der Waals surface area contributed by atoms with Crippen molar-refractivity contribution in [2.24, 2.45) is 0 Å². The number of likely N-dealkylation sites (N-methyl/N-ethyl adjacent to an activating group) is 1. The van der Waals surface area contributed by atoms with E-state index in [1.54, 1.807) is 22.7 Å². The Labute approximate surface area is 207 Å². The number of pyridine rings is 1. The first-order valence-electron chi connectivity index (χ1n) is 11.2. The third kappa shape index (κ3) is 4.22. The summed E-state index contributed by atoms with van der Waals surface area (Å²) in [6.07, 6.45) is 0. The molecule has 34 heavy (non-hydrogen) atoms. The predicted molar refractivity (Wildman–Crippen MR) is 144 cm³/mol. The van der Waals surface area contributed by atoms with Crippen LogP contribution in [0.25, 0.3) is 31.7 Å². The van der Waals surface area contributed by atoms with Gasteiger partial charge in [0, 0.05) is 18.5 Å². The summed E-state index contributed by atoms with van der Waals surface area (Å²) in [5, 5.41) is 3.62. The third-order valence-electron chi connectivity index (χ3n) is 6.04. The second-order valence-electron chi connectivity index (χ2n) is 8.66. The fourth-order valence-electron chi connectivity index (χ4n) is 3.96. The molecule has 0 aliphatic carbocycles. The summed E-state index contributed by atoms with van der Waals surface area (Å²) in [5.41, 5.74) is 5.63. The number of para-hydroxylation sites is 1. The Morgan fingerprint density at radius 2 is 1.79 bits per heavy atom. The van der Waals surface area contributed by atoms with Gasteiger partial charge in [-0.3, -0.25) is 9.69 Å². The summed E-state index contributed by atoms with van der Waals surface area (Å²) in [7, 11) is 4.04. The first kappa shape index (κ1) is 22.7. The maximum absolute atomic E-state index is 14.2. The van der Waals surface area contributed by atoms with Gasteiger partial charge in [-0.05, 0) is 68.7 Å². The van der Waals surface area contributed by atoms with Crippen molar-refractivity contribution >= 4 is 54.8 Å². The number of carbonyl (C=O) groups is 1. The smallest absolute Gasteiger partial charge is 0.260 e. The van der Waals surface area contributed by atoms with Crippen molar-refractivity contribution in [1.29, 1.82) is 0 Å². The van der Waals surface area contributed by atoms with E-state index < -0.39 is 0 Å². The fraction of sp³-hybridized carbons (Fsp3) is 0.222. The minimum absolute atomic E-state index is 0.0494. The van der Waals surface area contributed by atoms with Crippen molar-refractivity contribution in [1.82, 2.24) is 14.9 Å². The van der Waals surface area contributed by atoms with Crippen LogP contribution >= 0.6 is 22.7 Å². The first-order valence-corrected chi connectivity index (χ1v) is 12.9. The molecule has 2 aromatic carbocycles. The molecule has 0 N–H and O–H groups in total. The predicted octanol–water partition coefficient (Wildman–Crippen LogP) is 6.40. The summed E-state index contributed by atoms with van der Waals surface area (Å²) < 4.78 is 1.10. The van der Waals surface area contributed by atoms with Gasteiger partial charge in [-0.25, -0.2) is 9.97 Å². The van der Waals surface area contributed by atoms with Crippen molar-refractivity contribution in [3.63, 3.8) is 0 Å². The van der Waals surface area contributed by atoms with Gasteiger partial charge in [-0.2, -0.15) is 0 Å². The second-order valence-corrected chi connectivity index (χ2v) is 10.6. The molecule has 172 valence electrons. The molecule has 0 aliphatic heterocycles. The van der Waals surface area contributed by atoms with Crippen LogP contribution in [-0.2, 0) is 0 Å². The lowest BCUT2D eigenvalue weighted by Gasteiger charge is -2.23. The molecule has 5 aromatic rings. The minimum Gasteiger partial charge on any atom is -0.308 e. The molecule has 5 nitrogen and oxygen atoms in total.